The highest BCUT2D eigenvalue weighted by Gasteiger charge is 2.39. The molecule has 0 aliphatic heterocycles. The summed E-state index contributed by atoms with van der Waals surface area (Å²) in [6, 6.07) is 6.35. The van der Waals surface area contributed by atoms with Gasteiger partial charge >= 0.3 is 16.4 Å². The molecule has 2 aromatic rings. The Labute approximate surface area is 135 Å². The van der Waals surface area contributed by atoms with Crippen molar-refractivity contribution in [2.45, 2.75) is 12.3 Å². The van der Waals surface area contributed by atoms with E-state index in [2.05, 4.69) is 9.13 Å². The van der Waals surface area contributed by atoms with E-state index in [-0.39, 0.29) is 5.56 Å². The van der Waals surface area contributed by atoms with Gasteiger partial charge in [0.25, 0.3) is 6.33 Å². The Morgan fingerprint density at radius 2 is 1.96 bits per heavy atom. The quantitative estimate of drug-likeness (QED) is 0.448. The Morgan fingerprint density at radius 3 is 2.46 bits per heavy atom. The molecule has 0 spiro atoms. The summed E-state index contributed by atoms with van der Waals surface area (Å²) in [7, 11) is -3.02. The van der Waals surface area contributed by atoms with Crippen molar-refractivity contribution in [3.05, 3.63) is 54.6 Å². The van der Waals surface area contributed by atoms with Gasteiger partial charge in [0.15, 0.2) is 6.08 Å². The van der Waals surface area contributed by atoms with E-state index in [0.29, 0.717) is 3.97 Å². The average Bonchev–Trinajstić information content (AvgIpc) is 2.91. The number of hydrogen-bond donors (Lipinski definition) is 0. The van der Waals surface area contributed by atoms with E-state index in [9.17, 15) is 26.7 Å². The van der Waals surface area contributed by atoms with Gasteiger partial charge in [-0.3, -0.25) is 0 Å². The molecule has 0 radical (unpaired) electrons. The fraction of sp³-hybridized carbons (Fsp3) is 0.231. The summed E-state index contributed by atoms with van der Waals surface area (Å²) in [6.07, 6.45) is -5.91. The Kier molecular flexibility index (Phi) is 4.83. The standard InChI is InChI=1S/C13H12F3N3O4S/c1-18-7-8-19(9-18)24(21,22)17-12(20)23-11(13(14,15)16)10-5-3-2-4-6-10/h2-9,11H,1H3/t11-/m1/s1. The van der Waals surface area contributed by atoms with Crippen LogP contribution in [0.1, 0.15) is 11.7 Å². The molecule has 1 aromatic carbocycles. The van der Waals surface area contributed by atoms with Crippen molar-refractivity contribution in [3.8, 4) is 0 Å². The van der Waals surface area contributed by atoms with E-state index in [1.165, 1.54) is 36.0 Å². The van der Waals surface area contributed by atoms with E-state index in [4.69, 9.17) is 0 Å². The summed E-state index contributed by atoms with van der Waals surface area (Å²) in [5.41, 5.74) is -0.349. The molecular formula is C13H12F3N3O4S. The Balaban J connectivity index is 2.29. The predicted octanol–water partition coefficient (Wildman–Crippen LogP) is 0.442. The second kappa shape index (κ2) is 6.51. The van der Waals surface area contributed by atoms with Crippen LogP contribution in [-0.2, 0) is 22.0 Å². The maximum Gasteiger partial charge on any atom is 0.423 e. The lowest BCUT2D eigenvalue weighted by atomic mass is 10.1. The van der Waals surface area contributed by atoms with Crippen LogP contribution in [-0.4, -0.2) is 24.7 Å². The largest absolute Gasteiger partial charge is 0.582 e. The van der Waals surface area contributed by atoms with Gasteiger partial charge in [-0.1, -0.05) is 30.3 Å². The zero-order valence-corrected chi connectivity index (χ0v) is 13.0. The van der Waals surface area contributed by atoms with Crippen LogP contribution in [0.3, 0.4) is 0 Å². The molecule has 2 rings (SSSR count). The molecule has 0 saturated heterocycles. The smallest absolute Gasteiger partial charge is 0.423 e. The second-order valence-corrected chi connectivity index (χ2v) is 6.19. The van der Waals surface area contributed by atoms with Gasteiger partial charge in [-0.25, -0.2) is 4.57 Å². The SMILES string of the molecule is C[n+]1ccn(S(=O)(=O)/N=C(\[O-])O[C@H](c2ccccc2)C(F)(F)F)c1. The summed E-state index contributed by atoms with van der Waals surface area (Å²) < 4.78 is 71.7. The third kappa shape index (κ3) is 4.25. The van der Waals surface area contributed by atoms with E-state index < -0.39 is 28.6 Å². The zero-order chi connectivity index (χ0) is 18.0. The highest BCUT2D eigenvalue weighted by Crippen LogP contribution is 2.35. The van der Waals surface area contributed by atoms with Crippen molar-refractivity contribution in [3.63, 3.8) is 0 Å². The normalized spacial score (nSPS) is 14.4. The lowest BCUT2D eigenvalue weighted by Gasteiger charge is -2.28. The van der Waals surface area contributed by atoms with Gasteiger partial charge in [-0.15, -0.1) is 8.37 Å². The monoisotopic (exact) mass is 363 g/mol. The van der Waals surface area contributed by atoms with E-state index in [1.54, 1.807) is 0 Å². The molecule has 0 unspecified atom stereocenters. The number of halogens is 3. The highest BCUT2D eigenvalue weighted by molar-refractivity contribution is 7.88. The first-order valence-electron chi connectivity index (χ1n) is 6.43. The summed E-state index contributed by atoms with van der Waals surface area (Å²) in [4.78, 5) is 0. The third-order valence-electron chi connectivity index (χ3n) is 2.82. The first-order chi connectivity index (χ1) is 11.1. The molecule has 11 heteroatoms. The van der Waals surface area contributed by atoms with Crippen LogP contribution in [0.15, 0.2) is 53.5 Å². The molecule has 24 heavy (non-hydrogen) atoms. The van der Waals surface area contributed by atoms with Crippen molar-refractivity contribution in [2.75, 3.05) is 0 Å². The van der Waals surface area contributed by atoms with E-state index in [0.717, 1.165) is 24.7 Å². The molecular weight excluding hydrogens is 351 g/mol. The van der Waals surface area contributed by atoms with Gasteiger partial charge in [0, 0.05) is 0 Å². The Bertz CT molecular complexity index is 832. The van der Waals surface area contributed by atoms with Gasteiger partial charge in [-0.2, -0.15) is 21.6 Å². The minimum absolute atomic E-state index is 0.349. The zero-order valence-electron chi connectivity index (χ0n) is 12.2. The molecule has 0 N–H and O–H groups in total. The lowest BCUT2D eigenvalue weighted by molar-refractivity contribution is -0.670. The van der Waals surface area contributed by atoms with Gasteiger partial charge in [0.1, 0.15) is 18.5 Å². The second-order valence-electron chi connectivity index (χ2n) is 4.69. The fourth-order valence-corrected chi connectivity index (χ4v) is 2.58. The van der Waals surface area contributed by atoms with Crippen LogP contribution < -0.4 is 9.67 Å². The van der Waals surface area contributed by atoms with Crippen LogP contribution in [0.4, 0.5) is 13.2 Å². The van der Waals surface area contributed by atoms with Crippen LogP contribution in [0.5, 0.6) is 0 Å². The molecule has 7 nitrogen and oxygen atoms in total. The Hall–Kier alpha value is -2.56. The summed E-state index contributed by atoms with van der Waals surface area (Å²) in [5.74, 6) is 0. The van der Waals surface area contributed by atoms with Crippen molar-refractivity contribution >= 4 is 16.3 Å². The highest BCUT2D eigenvalue weighted by atomic mass is 32.2. The molecule has 0 bridgehead atoms. The number of alkyl halides is 3. The summed E-state index contributed by atoms with van der Waals surface area (Å²) in [6.45, 7) is 0. The molecule has 1 aromatic heterocycles. The minimum Gasteiger partial charge on any atom is -0.582 e. The maximum absolute atomic E-state index is 13.0. The number of benzene rings is 1. The number of hydrogen-bond acceptors (Lipinski definition) is 4. The van der Waals surface area contributed by atoms with Gasteiger partial charge in [0.05, 0.1) is 7.05 Å². The predicted molar refractivity (Wildman–Crippen MR) is 73.7 cm³/mol. The van der Waals surface area contributed by atoms with Gasteiger partial charge in [-0.05, 0) is 5.56 Å². The molecule has 130 valence electrons. The van der Waals surface area contributed by atoms with Crippen LogP contribution in [0.25, 0.3) is 0 Å². The third-order valence-corrected chi connectivity index (χ3v) is 3.95. The van der Waals surface area contributed by atoms with Crippen LogP contribution >= 0.6 is 0 Å². The summed E-state index contributed by atoms with van der Waals surface area (Å²) >= 11 is 0. The average molecular weight is 363 g/mol. The van der Waals surface area contributed by atoms with Crippen molar-refractivity contribution in [2.24, 2.45) is 11.4 Å². The number of nitrogens with zero attached hydrogens (tertiary/aromatic N) is 3. The molecule has 0 fully saturated rings. The fourth-order valence-electron chi connectivity index (χ4n) is 1.78. The number of imidazole rings is 1. The number of ether oxygens (including phenoxy) is 1. The Morgan fingerprint density at radius 1 is 1.33 bits per heavy atom. The van der Waals surface area contributed by atoms with Crippen molar-refractivity contribution in [1.82, 2.24) is 3.97 Å². The lowest BCUT2D eigenvalue weighted by Crippen LogP contribution is -2.33. The van der Waals surface area contributed by atoms with E-state index in [1.807, 2.05) is 0 Å². The van der Waals surface area contributed by atoms with Crippen LogP contribution in [0.2, 0.25) is 0 Å². The van der Waals surface area contributed by atoms with Crippen molar-refractivity contribution in [1.29, 1.82) is 0 Å². The minimum atomic E-state index is -4.92. The van der Waals surface area contributed by atoms with E-state index >= 15 is 0 Å². The molecule has 0 aliphatic rings. The molecule has 1 atom stereocenters. The van der Waals surface area contributed by atoms with Gasteiger partial charge in [0.2, 0.25) is 0 Å². The number of rotatable bonds is 4. The number of aromatic nitrogens is 2. The van der Waals surface area contributed by atoms with Crippen molar-refractivity contribution < 1.29 is 36.0 Å². The first kappa shape index (κ1) is 17.8. The number of aryl methyl sites for hydroxylation is 1. The molecule has 0 aliphatic carbocycles. The maximum atomic E-state index is 13.0. The van der Waals surface area contributed by atoms with Crippen LogP contribution in [0, 0.1) is 0 Å². The summed E-state index contributed by atoms with van der Waals surface area (Å²) in [5, 5.41) is 11.6. The van der Waals surface area contributed by atoms with Gasteiger partial charge < -0.3 is 9.84 Å². The topological polar surface area (TPSA) is 87.6 Å². The first-order valence-corrected chi connectivity index (χ1v) is 7.83. The molecule has 1 heterocycles. The molecule has 0 amide bonds. The molecule has 0 saturated carbocycles.